The van der Waals surface area contributed by atoms with Gasteiger partial charge in [-0.15, -0.1) is 0 Å². The topological polar surface area (TPSA) is 18.0 Å². The van der Waals surface area contributed by atoms with E-state index in [4.69, 9.17) is 4.74 Å². The van der Waals surface area contributed by atoms with E-state index in [9.17, 15) is 0 Å². The third-order valence-corrected chi connectivity index (χ3v) is 3.37. The molecule has 0 saturated carbocycles. The van der Waals surface area contributed by atoms with Crippen molar-refractivity contribution in [2.75, 3.05) is 6.61 Å². The molecule has 0 aliphatic rings. The molecule has 1 aromatic rings. The van der Waals surface area contributed by atoms with Gasteiger partial charge in [-0.2, -0.15) is 0 Å². The summed E-state index contributed by atoms with van der Waals surface area (Å²) in [4.78, 5) is 0. The van der Waals surface area contributed by atoms with Gasteiger partial charge in [0.2, 0.25) is 6.33 Å². The highest BCUT2D eigenvalue weighted by atomic mass is 16.5. The molecule has 0 fully saturated rings. The molecule has 3 nitrogen and oxygen atoms in total. The van der Waals surface area contributed by atoms with Crippen molar-refractivity contribution < 1.29 is 9.30 Å². The molecule has 3 heteroatoms. The van der Waals surface area contributed by atoms with E-state index < -0.39 is 0 Å². The number of aromatic nitrogens is 2. The van der Waals surface area contributed by atoms with E-state index in [2.05, 4.69) is 48.6 Å². The summed E-state index contributed by atoms with van der Waals surface area (Å²) < 4.78 is 10.1. The lowest BCUT2D eigenvalue weighted by Gasteiger charge is -2.13. The summed E-state index contributed by atoms with van der Waals surface area (Å²) in [5.41, 5.74) is 0. The zero-order valence-corrected chi connectivity index (χ0v) is 12.3. The van der Waals surface area contributed by atoms with E-state index >= 15 is 0 Å². The number of aryl methyl sites for hydroxylation is 1. The molecule has 1 aromatic heterocycles. The van der Waals surface area contributed by atoms with E-state index in [-0.39, 0.29) is 0 Å². The SMILES string of the molecule is CCCC[C@H](CC)COC[n+]1ccn(CCC)c1. The fourth-order valence-electron chi connectivity index (χ4n) is 2.13. The molecule has 0 bridgehead atoms. The molecule has 0 N–H and O–H groups in total. The number of imidazole rings is 1. The molecule has 104 valence electrons. The molecule has 1 atom stereocenters. The van der Waals surface area contributed by atoms with Gasteiger partial charge in [-0.25, -0.2) is 9.13 Å². The second kappa shape index (κ2) is 9.15. The van der Waals surface area contributed by atoms with Crippen molar-refractivity contribution in [1.82, 2.24) is 4.57 Å². The minimum atomic E-state index is 0.680. The van der Waals surface area contributed by atoms with Gasteiger partial charge in [0.05, 0.1) is 13.2 Å². The van der Waals surface area contributed by atoms with Crippen LogP contribution in [-0.2, 0) is 18.0 Å². The number of hydrogen-bond acceptors (Lipinski definition) is 1. The van der Waals surface area contributed by atoms with E-state index in [0.29, 0.717) is 6.73 Å². The van der Waals surface area contributed by atoms with E-state index in [1.165, 1.54) is 32.1 Å². The normalized spacial score (nSPS) is 12.8. The molecule has 1 rings (SSSR count). The molecule has 0 unspecified atom stereocenters. The number of hydrogen-bond donors (Lipinski definition) is 0. The van der Waals surface area contributed by atoms with Gasteiger partial charge >= 0.3 is 0 Å². The number of unbranched alkanes of at least 4 members (excludes halogenated alkanes) is 1. The second-order valence-corrected chi connectivity index (χ2v) is 5.08. The van der Waals surface area contributed by atoms with E-state index in [0.717, 1.165) is 19.1 Å². The summed E-state index contributed by atoms with van der Waals surface area (Å²) in [7, 11) is 0. The van der Waals surface area contributed by atoms with Crippen LogP contribution in [0.4, 0.5) is 0 Å². The first-order valence-corrected chi connectivity index (χ1v) is 7.42. The highest BCUT2D eigenvalue weighted by Gasteiger charge is 2.07. The first kappa shape index (κ1) is 15.2. The van der Waals surface area contributed by atoms with Gasteiger partial charge < -0.3 is 4.74 Å². The smallest absolute Gasteiger partial charge is 0.245 e. The second-order valence-electron chi connectivity index (χ2n) is 5.08. The summed E-state index contributed by atoms with van der Waals surface area (Å²) in [6.45, 7) is 9.36. The first-order valence-electron chi connectivity index (χ1n) is 7.42. The Morgan fingerprint density at radius 1 is 1.22 bits per heavy atom. The number of nitrogens with zero attached hydrogens (tertiary/aromatic N) is 2. The van der Waals surface area contributed by atoms with Crippen LogP contribution in [0, 0.1) is 5.92 Å². The van der Waals surface area contributed by atoms with Crippen LogP contribution in [0.5, 0.6) is 0 Å². The van der Waals surface area contributed by atoms with E-state index in [1.54, 1.807) is 0 Å². The average Bonchev–Trinajstić information content (AvgIpc) is 2.82. The fourth-order valence-corrected chi connectivity index (χ4v) is 2.13. The van der Waals surface area contributed by atoms with Crippen molar-refractivity contribution in [3.8, 4) is 0 Å². The maximum atomic E-state index is 5.81. The summed E-state index contributed by atoms with van der Waals surface area (Å²) in [5, 5.41) is 0. The minimum Gasteiger partial charge on any atom is -0.341 e. The van der Waals surface area contributed by atoms with Crippen LogP contribution in [0.1, 0.15) is 52.9 Å². The zero-order valence-electron chi connectivity index (χ0n) is 12.3. The highest BCUT2D eigenvalue weighted by molar-refractivity contribution is 4.65. The Bertz CT molecular complexity index is 309. The molecular weight excluding hydrogens is 224 g/mol. The molecule has 0 aliphatic heterocycles. The van der Waals surface area contributed by atoms with Gasteiger partial charge in [0, 0.05) is 0 Å². The molecule has 0 radical (unpaired) electrons. The molecule has 1 heterocycles. The fraction of sp³-hybridized carbons (Fsp3) is 0.800. The molecule has 0 spiro atoms. The van der Waals surface area contributed by atoms with Gasteiger partial charge in [-0.3, -0.25) is 0 Å². The largest absolute Gasteiger partial charge is 0.341 e. The van der Waals surface area contributed by atoms with Gasteiger partial charge in [0.1, 0.15) is 12.4 Å². The predicted molar refractivity (Wildman–Crippen MR) is 74.2 cm³/mol. The molecular formula is C15H29N2O+. The lowest BCUT2D eigenvalue weighted by Crippen LogP contribution is -2.33. The number of ether oxygens (including phenoxy) is 1. The van der Waals surface area contributed by atoms with Crippen LogP contribution in [0.25, 0.3) is 0 Å². The molecule has 0 amide bonds. The summed E-state index contributed by atoms with van der Waals surface area (Å²) in [5.74, 6) is 0.725. The van der Waals surface area contributed by atoms with Crippen molar-refractivity contribution in [2.45, 2.75) is 66.2 Å². The predicted octanol–water partition coefficient (Wildman–Crippen LogP) is 3.38. The maximum absolute atomic E-state index is 5.81. The third-order valence-electron chi connectivity index (χ3n) is 3.37. The van der Waals surface area contributed by atoms with Gasteiger partial charge in [0.15, 0.2) is 6.73 Å². The average molecular weight is 253 g/mol. The highest BCUT2D eigenvalue weighted by Crippen LogP contribution is 2.12. The Kier molecular flexibility index (Phi) is 7.74. The first-order chi connectivity index (χ1) is 8.80. The Morgan fingerprint density at radius 2 is 2.06 bits per heavy atom. The minimum absolute atomic E-state index is 0.680. The van der Waals surface area contributed by atoms with Crippen molar-refractivity contribution >= 4 is 0 Å². The Morgan fingerprint density at radius 3 is 2.72 bits per heavy atom. The summed E-state index contributed by atoms with van der Waals surface area (Å²) in [6, 6.07) is 0. The van der Waals surface area contributed by atoms with Crippen molar-refractivity contribution in [3.05, 3.63) is 18.7 Å². The molecule has 18 heavy (non-hydrogen) atoms. The lowest BCUT2D eigenvalue weighted by atomic mass is 10.0. The van der Waals surface area contributed by atoms with Crippen LogP contribution in [-0.4, -0.2) is 11.2 Å². The molecule has 0 aromatic carbocycles. The van der Waals surface area contributed by atoms with E-state index in [1.807, 2.05) is 0 Å². The van der Waals surface area contributed by atoms with Crippen molar-refractivity contribution in [3.63, 3.8) is 0 Å². The maximum Gasteiger partial charge on any atom is 0.245 e. The molecule has 0 aliphatic carbocycles. The molecule has 0 saturated heterocycles. The Balaban J connectivity index is 2.22. The van der Waals surface area contributed by atoms with Gasteiger partial charge in [0.25, 0.3) is 0 Å². The summed E-state index contributed by atoms with van der Waals surface area (Å²) in [6.07, 6.45) is 12.6. The van der Waals surface area contributed by atoms with Crippen molar-refractivity contribution in [2.24, 2.45) is 5.92 Å². The van der Waals surface area contributed by atoms with Crippen LogP contribution < -0.4 is 4.57 Å². The van der Waals surface area contributed by atoms with Gasteiger partial charge in [-0.1, -0.05) is 40.0 Å². The number of rotatable bonds is 10. The zero-order chi connectivity index (χ0) is 13.2. The Labute approximate surface area is 112 Å². The van der Waals surface area contributed by atoms with Crippen molar-refractivity contribution in [1.29, 1.82) is 0 Å². The van der Waals surface area contributed by atoms with Crippen LogP contribution >= 0.6 is 0 Å². The quantitative estimate of drug-likeness (QED) is 0.585. The standard InChI is InChI=1S/C15H29N2O/c1-4-7-8-15(6-3)12-18-14-17-11-10-16(13-17)9-5-2/h10-11,13,15H,4-9,12,14H2,1-3H3/q+1/t15-/m0/s1. The summed E-state index contributed by atoms with van der Waals surface area (Å²) >= 11 is 0. The monoisotopic (exact) mass is 253 g/mol. The van der Waals surface area contributed by atoms with Crippen LogP contribution in [0.3, 0.4) is 0 Å². The van der Waals surface area contributed by atoms with Crippen LogP contribution in [0.2, 0.25) is 0 Å². The third kappa shape index (κ3) is 5.67. The lowest BCUT2D eigenvalue weighted by molar-refractivity contribution is -0.732. The Hall–Kier alpha value is -0.830. The van der Waals surface area contributed by atoms with Crippen LogP contribution in [0.15, 0.2) is 18.7 Å². The van der Waals surface area contributed by atoms with Gasteiger partial charge in [-0.05, 0) is 18.8 Å².